The molecule has 0 aliphatic rings. The average molecular weight is 661 g/mol. The molecule has 0 radical (unpaired) electrons. The van der Waals surface area contributed by atoms with Crippen molar-refractivity contribution in [3.05, 3.63) is 88.5 Å². The maximum atomic E-state index is 7.01. The molecule has 0 unspecified atom stereocenters. The number of hydrogen-bond acceptors (Lipinski definition) is 3. The van der Waals surface area contributed by atoms with Gasteiger partial charge in [-0.15, -0.1) is 0 Å². The summed E-state index contributed by atoms with van der Waals surface area (Å²) in [6.07, 6.45) is 5.09. The minimum absolute atomic E-state index is 0.0117. The molecule has 3 aromatic carbocycles. The third-order valence-corrected chi connectivity index (χ3v) is 12.6. The summed E-state index contributed by atoms with van der Waals surface area (Å²) in [6, 6.07) is 22.0. The van der Waals surface area contributed by atoms with Crippen molar-refractivity contribution in [1.29, 1.82) is 0 Å². The first-order valence-electron chi connectivity index (χ1n) is 18.0. The summed E-state index contributed by atoms with van der Waals surface area (Å²) in [7, 11) is -1.87. The van der Waals surface area contributed by atoms with Gasteiger partial charge in [-0.25, -0.2) is 0 Å². The van der Waals surface area contributed by atoms with Crippen LogP contribution in [0.25, 0.3) is 0 Å². The van der Waals surface area contributed by atoms with Crippen LogP contribution in [0.3, 0.4) is 0 Å². The van der Waals surface area contributed by atoms with E-state index >= 15 is 0 Å². The van der Waals surface area contributed by atoms with Gasteiger partial charge < -0.3 is 13.6 Å². The van der Waals surface area contributed by atoms with E-state index < -0.39 is 8.60 Å². The van der Waals surface area contributed by atoms with E-state index in [0.29, 0.717) is 0 Å². The van der Waals surface area contributed by atoms with Crippen LogP contribution >= 0.6 is 8.60 Å². The van der Waals surface area contributed by atoms with Crippen molar-refractivity contribution in [2.75, 3.05) is 0 Å². The molecule has 260 valence electrons. The molecule has 0 atom stereocenters. The van der Waals surface area contributed by atoms with E-state index in [0.717, 1.165) is 49.4 Å². The third kappa shape index (κ3) is 9.14. The van der Waals surface area contributed by atoms with Crippen LogP contribution in [-0.4, -0.2) is 0 Å². The quantitative estimate of drug-likeness (QED) is 0.143. The van der Waals surface area contributed by atoms with Gasteiger partial charge in [0.15, 0.2) is 0 Å². The lowest BCUT2D eigenvalue weighted by molar-refractivity contribution is 0.370. The zero-order chi connectivity index (χ0) is 35.4. The minimum atomic E-state index is -1.87. The van der Waals surface area contributed by atoms with Gasteiger partial charge in [-0.3, -0.25) is 0 Å². The van der Waals surface area contributed by atoms with Crippen LogP contribution in [0, 0.1) is 0 Å². The summed E-state index contributed by atoms with van der Waals surface area (Å²) >= 11 is 0. The third-order valence-electron chi connectivity index (χ3n) is 11.6. The number of benzene rings is 3. The van der Waals surface area contributed by atoms with E-state index in [-0.39, 0.29) is 27.1 Å². The van der Waals surface area contributed by atoms with Gasteiger partial charge in [0.05, 0.1) is 0 Å². The summed E-state index contributed by atoms with van der Waals surface area (Å²) in [6.45, 7) is 34.1. The largest absolute Gasteiger partial charge is 0.530 e. The topological polar surface area (TPSA) is 27.7 Å². The van der Waals surface area contributed by atoms with Gasteiger partial charge in [0.2, 0.25) is 0 Å². The van der Waals surface area contributed by atoms with E-state index in [1.807, 2.05) is 0 Å². The fourth-order valence-corrected chi connectivity index (χ4v) is 6.45. The molecule has 0 N–H and O–H groups in total. The second kappa shape index (κ2) is 14.9. The molecule has 0 aliphatic carbocycles. The molecule has 0 aromatic heterocycles. The first kappa shape index (κ1) is 38.9. The fourth-order valence-electron chi connectivity index (χ4n) is 5.42. The first-order chi connectivity index (χ1) is 21.8. The summed E-state index contributed by atoms with van der Waals surface area (Å²) in [5.74, 6) is 2.42. The van der Waals surface area contributed by atoms with E-state index in [2.05, 4.69) is 165 Å². The van der Waals surface area contributed by atoms with Crippen molar-refractivity contribution in [2.24, 2.45) is 0 Å². The Balaban J connectivity index is 2.22. The van der Waals surface area contributed by atoms with Gasteiger partial charge in [-0.05, 0) is 100 Å². The molecule has 3 rings (SSSR count). The second-order valence-corrected chi connectivity index (χ2v) is 17.6. The molecule has 0 bridgehead atoms. The summed E-state index contributed by atoms with van der Waals surface area (Å²) < 4.78 is 20.8. The molecule has 0 saturated carbocycles. The molecule has 3 aromatic rings. The van der Waals surface area contributed by atoms with Crippen LogP contribution in [0.4, 0.5) is 0 Å². The predicted molar refractivity (Wildman–Crippen MR) is 205 cm³/mol. The van der Waals surface area contributed by atoms with Gasteiger partial charge >= 0.3 is 8.60 Å². The summed E-state index contributed by atoms with van der Waals surface area (Å²) in [5.41, 5.74) is 6.10. The van der Waals surface area contributed by atoms with Gasteiger partial charge in [0.1, 0.15) is 17.2 Å². The van der Waals surface area contributed by atoms with Crippen molar-refractivity contribution in [3.63, 3.8) is 0 Å². The van der Waals surface area contributed by atoms with E-state index in [1.54, 1.807) is 0 Å². The van der Waals surface area contributed by atoms with Crippen LogP contribution in [0.15, 0.2) is 60.7 Å². The molecule has 0 aliphatic heterocycles. The number of rotatable bonds is 16. The first-order valence-corrected chi connectivity index (χ1v) is 19.1. The van der Waals surface area contributed by atoms with Gasteiger partial charge in [0, 0.05) is 11.1 Å². The fraction of sp³-hybridized carbons (Fsp3) is 0.581. The van der Waals surface area contributed by atoms with E-state index in [1.165, 1.54) is 27.8 Å². The van der Waals surface area contributed by atoms with Crippen molar-refractivity contribution in [2.45, 2.75) is 163 Å². The van der Waals surface area contributed by atoms with Crippen LogP contribution in [0.1, 0.15) is 164 Å². The molecule has 0 spiro atoms. The van der Waals surface area contributed by atoms with Gasteiger partial charge in [-0.2, -0.15) is 0 Å². The standard InChI is InChI=1S/C43H65O3P/c1-16-39(6,7)31-21-25-34(26-22-31)44-47(45-37-29-32(40(8,9)17-2)23-27-35(37)42(12,13)19-4)46-38-30-33(41(10,11)18-3)24-28-36(38)43(14,15)20-5/h21-30H,16-20H2,1-15H3. The second-order valence-electron chi connectivity index (χ2n) is 16.6. The van der Waals surface area contributed by atoms with Crippen molar-refractivity contribution in [1.82, 2.24) is 0 Å². The van der Waals surface area contributed by atoms with E-state index in [9.17, 15) is 0 Å². The highest BCUT2D eigenvalue weighted by Gasteiger charge is 2.33. The Kier molecular flexibility index (Phi) is 12.4. The molecule has 4 heteroatoms. The lowest BCUT2D eigenvalue weighted by Gasteiger charge is -2.32. The SMILES string of the molecule is CCC(C)(C)c1ccc(OP(Oc2cc(C(C)(C)CC)ccc2C(C)(C)CC)Oc2cc(C(C)(C)CC)ccc2C(C)(C)CC)cc1. The maximum absolute atomic E-state index is 7.01. The Morgan fingerprint density at radius 1 is 0.404 bits per heavy atom. The zero-order valence-corrected chi connectivity index (χ0v) is 33.4. The van der Waals surface area contributed by atoms with E-state index in [4.69, 9.17) is 13.6 Å². The van der Waals surface area contributed by atoms with Gasteiger partial charge in [-0.1, -0.05) is 140 Å². The Hall–Kier alpha value is -2.51. The lowest BCUT2D eigenvalue weighted by Crippen LogP contribution is -2.21. The maximum Gasteiger partial charge on any atom is 0.530 e. The molecule has 47 heavy (non-hydrogen) atoms. The Bertz CT molecular complexity index is 1380. The average Bonchev–Trinajstić information content (AvgIpc) is 3.04. The highest BCUT2D eigenvalue weighted by atomic mass is 31.2. The van der Waals surface area contributed by atoms with Crippen LogP contribution in [-0.2, 0) is 27.1 Å². The smallest absolute Gasteiger partial charge is 0.409 e. The Morgan fingerprint density at radius 3 is 1.06 bits per heavy atom. The number of hydrogen-bond donors (Lipinski definition) is 0. The minimum Gasteiger partial charge on any atom is -0.409 e. The molecular formula is C43H65O3P. The summed E-state index contributed by atoms with van der Waals surface area (Å²) in [4.78, 5) is 0. The summed E-state index contributed by atoms with van der Waals surface area (Å²) in [5, 5.41) is 0. The van der Waals surface area contributed by atoms with Crippen LogP contribution in [0.5, 0.6) is 17.2 Å². The van der Waals surface area contributed by atoms with Crippen molar-refractivity contribution >= 4 is 8.60 Å². The zero-order valence-electron chi connectivity index (χ0n) is 32.5. The highest BCUT2D eigenvalue weighted by Crippen LogP contribution is 2.50. The monoisotopic (exact) mass is 660 g/mol. The normalized spacial score (nSPS) is 13.2. The van der Waals surface area contributed by atoms with Crippen LogP contribution in [0.2, 0.25) is 0 Å². The molecule has 0 saturated heterocycles. The molecule has 0 heterocycles. The Labute approximate surface area is 290 Å². The van der Waals surface area contributed by atoms with Crippen molar-refractivity contribution < 1.29 is 13.6 Å². The molecule has 3 nitrogen and oxygen atoms in total. The molecular weight excluding hydrogens is 595 g/mol. The Morgan fingerprint density at radius 2 is 0.723 bits per heavy atom. The van der Waals surface area contributed by atoms with Crippen LogP contribution < -0.4 is 13.6 Å². The predicted octanol–water partition coefficient (Wildman–Crippen LogP) is 13.9. The molecule has 0 fully saturated rings. The van der Waals surface area contributed by atoms with Gasteiger partial charge in [0.25, 0.3) is 0 Å². The molecule has 0 amide bonds. The lowest BCUT2D eigenvalue weighted by atomic mass is 9.77. The van der Waals surface area contributed by atoms with Crippen molar-refractivity contribution in [3.8, 4) is 17.2 Å². The highest BCUT2D eigenvalue weighted by molar-refractivity contribution is 7.43.